The van der Waals surface area contributed by atoms with E-state index in [-0.39, 0.29) is 18.0 Å². The van der Waals surface area contributed by atoms with E-state index in [1.807, 2.05) is 6.92 Å². The molecule has 0 aliphatic heterocycles. The van der Waals surface area contributed by atoms with Gasteiger partial charge < -0.3 is 0 Å². The number of Topliss-reactive ketones (excluding diaryl/α,β-unsaturated/α-hetero) is 1. The lowest BCUT2D eigenvalue weighted by molar-refractivity contribution is -0.116. The zero-order chi connectivity index (χ0) is 17.8. The molecule has 0 aliphatic carbocycles. The van der Waals surface area contributed by atoms with E-state index >= 15 is 0 Å². The third-order valence-electron chi connectivity index (χ3n) is 3.31. The van der Waals surface area contributed by atoms with Crippen molar-refractivity contribution >= 4 is 26.2 Å². The van der Waals surface area contributed by atoms with Gasteiger partial charge in [0.2, 0.25) is 0 Å². The van der Waals surface area contributed by atoms with Gasteiger partial charge in [-0.25, -0.2) is 3.63 Å². The fraction of sp³-hybridized carbons (Fsp3) is 0.923. The Hall–Kier alpha value is -0.280. The Labute approximate surface area is 132 Å². The number of ketones is 1. The largest absolute Gasteiger partial charge is 0.523 e. The molecule has 0 heterocycles. The van der Waals surface area contributed by atoms with Crippen molar-refractivity contribution in [1.29, 1.82) is 0 Å². The van der Waals surface area contributed by atoms with Crippen molar-refractivity contribution in [1.82, 2.24) is 0 Å². The van der Waals surface area contributed by atoms with Gasteiger partial charge in [-0.15, -0.1) is 10.3 Å². The van der Waals surface area contributed by atoms with Crippen LogP contribution in [0.5, 0.6) is 0 Å². The van der Waals surface area contributed by atoms with Crippen LogP contribution in [0.15, 0.2) is 0 Å². The number of carbonyl (C=O) groups is 1. The maximum absolute atomic E-state index is 12.6. The second-order valence-electron chi connectivity index (χ2n) is 6.23. The van der Waals surface area contributed by atoms with Gasteiger partial charge in [0.25, 0.3) is 0 Å². The number of hydrogen-bond donors (Lipinski definition) is 0. The molecule has 4 nitrogen and oxygen atoms in total. The van der Waals surface area contributed by atoms with Crippen LogP contribution in [-0.2, 0) is 18.5 Å². The Balaban J connectivity index is 5.25. The van der Waals surface area contributed by atoms with Gasteiger partial charge in [-0.1, -0.05) is 40.5 Å². The van der Waals surface area contributed by atoms with Crippen molar-refractivity contribution < 1.29 is 30.0 Å². The standard InChI is InChI=1S/C13H25F3O4S2/c1-6-7-8-9-11(17)10-21(5,12(2,3)4)20-22(18,19)13(14,15)16/h6-10H2,1-5H3. The molecule has 0 amide bonds. The molecule has 0 saturated heterocycles. The minimum absolute atomic E-state index is 0.224. The monoisotopic (exact) mass is 366 g/mol. The number of unbranched alkanes of at least 4 members (excludes halogenated alkanes) is 2. The smallest absolute Gasteiger partial charge is 0.299 e. The summed E-state index contributed by atoms with van der Waals surface area (Å²) in [7, 11) is -8.51. The molecule has 0 aromatic carbocycles. The van der Waals surface area contributed by atoms with Crippen molar-refractivity contribution in [2.45, 2.75) is 63.6 Å². The van der Waals surface area contributed by atoms with Crippen molar-refractivity contribution in [2.24, 2.45) is 0 Å². The van der Waals surface area contributed by atoms with E-state index in [0.29, 0.717) is 6.42 Å². The first-order valence-corrected chi connectivity index (χ1v) is 10.5. The lowest BCUT2D eigenvalue weighted by atomic mass is 10.2. The van der Waals surface area contributed by atoms with Crippen LogP contribution in [0.2, 0.25) is 0 Å². The minimum atomic E-state index is -5.72. The third kappa shape index (κ3) is 6.08. The molecular weight excluding hydrogens is 341 g/mol. The third-order valence-corrected chi connectivity index (χ3v) is 9.26. The van der Waals surface area contributed by atoms with Gasteiger partial charge in [0, 0.05) is 11.2 Å². The van der Waals surface area contributed by atoms with Gasteiger partial charge in [0.1, 0.15) is 5.78 Å². The molecule has 0 fully saturated rings. The SMILES string of the molecule is CCCCCC(=O)CS(C)(OS(=O)(=O)C(F)(F)F)C(C)(C)C. The first-order chi connectivity index (χ1) is 9.66. The maximum atomic E-state index is 12.6. The van der Waals surface area contributed by atoms with E-state index in [9.17, 15) is 26.4 Å². The molecule has 0 N–H and O–H groups in total. The van der Waals surface area contributed by atoms with Gasteiger partial charge in [-0.3, -0.25) is 4.79 Å². The van der Waals surface area contributed by atoms with Gasteiger partial charge in [-0.05, 0) is 12.7 Å². The van der Waals surface area contributed by atoms with E-state index in [1.54, 1.807) is 20.8 Å². The zero-order valence-corrected chi connectivity index (χ0v) is 15.3. The van der Waals surface area contributed by atoms with Crippen LogP contribution >= 0.6 is 10.3 Å². The molecule has 9 heteroatoms. The maximum Gasteiger partial charge on any atom is 0.523 e. The lowest BCUT2D eigenvalue weighted by Crippen LogP contribution is -2.36. The summed E-state index contributed by atoms with van der Waals surface area (Å²) in [6.45, 7) is 6.70. The Bertz CT molecular complexity index is 480. The Morgan fingerprint density at radius 3 is 1.95 bits per heavy atom. The topological polar surface area (TPSA) is 60.4 Å². The molecule has 1 unspecified atom stereocenters. The molecule has 1 atom stereocenters. The van der Waals surface area contributed by atoms with Crippen LogP contribution in [0.25, 0.3) is 0 Å². The molecular formula is C13H25F3O4S2. The summed E-state index contributed by atoms with van der Waals surface area (Å²) in [5.74, 6) is -0.562. The summed E-state index contributed by atoms with van der Waals surface area (Å²) in [5, 5.41) is 0. The molecule has 0 rings (SSSR count). The molecule has 0 spiro atoms. The Kier molecular flexibility index (Phi) is 7.43. The van der Waals surface area contributed by atoms with Crippen LogP contribution in [0.4, 0.5) is 13.2 Å². The second kappa shape index (κ2) is 7.53. The second-order valence-corrected chi connectivity index (χ2v) is 11.7. The minimum Gasteiger partial charge on any atom is -0.299 e. The van der Waals surface area contributed by atoms with E-state index in [2.05, 4.69) is 3.63 Å². The average molecular weight is 366 g/mol. The van der Waals surface area contributed by atoms with Gasteiger partial charge in [0.15, 0.2) is 0 Å². The molecule has 0 radical (unpaired) electrons. The highest BCUT2D eigenvalue weighted by molar-refractivity contribution is 8.33. The fourth-order valence-corrected chi connectivity index (χ4v) is 5.62. The Morgan fingerprint density at radius 2 is 1.59 bits per heavy atom. The molecule has 0 saturated carbocycles. The Morgan fingerprint density at radius 1 is 1.09 bits per heavy atom. The quantitative estimate of drug-likeness (QED) is 0.478. The number of halogens is 3. The fourth-order valence-electron chi connectivity index (χ4n) is 1.53. The van der Waals surface area contributed by atoms with Crippen molar-refractivity contribution in [3.05, 3.63) is 0 Å². The summed E-state index contributed by atoms with van der Waals surface area (Å²) in [6, 6.07) is 0. The van der Waals surface area contributed by atoms with Crippen LogP contribution in [-0.4, -0.2) is 36.5 Å². The number of rotatable bonds is 8. The van der Waals surface area contributed by atoms with Crippen molar-refractivity contribution in [3.8, 4) is 0 Å². The number of carbonyl (C=O) groups excluding carboxylic acids is 1. The highest BCUT2D eigenvalue weighted by Crippen LogP contribution is 2.59. The normalized spacial score (nSPS) is 17.8. The number of hydrogen-bond acceptors (Lipinski definition) is 4. The highest BCUT2D eigenvalue weighted by atomic mass is 32.3. The van der Waals surface area contributed by atoms with Crippen LogP contribution in [0.3, 0.4) is 0 Å². The summed E-state index contributed by atoms with van der Waals surface area (Å²) in [6.07, 6.45) is 3.93. The molecule has 0 aromatic rings. The molecule has 22 heavy (non-hydrogen) atoms. The van der Waals surface area contributed by atoms with Gasteiger partial charge in [0.05, 0.1) is 5.75 Å². The molecule has 0 aromatic heterocycles. The predicted molar refractivity (Wildman–Crippen MR) is 83.3 cm³/mol. The van der Waals surface area contributed by atoms with E-state index in [0.717, 1.165) is 12.8 Å². The van der Waals surface area contributed by atoms with Crippen molar-refractivity contribution in [2.75, 3.05) is 12.0 Å². The lowest BCUT2D eigenvalue weighted by Gasteiger charge is -2.45. The van der Waals surface area contributed by atoms with Crippen molar-refractivity contribution in [3.63, 3.8) is 0 Å². The van der Waals surface area contributed by atoms with Gasteiger partial charge >= 0.3 is 15.6 Å². The van der Waals surface area contributed by atoms with Crippen LogP contribution in [0.1, 0.15) is 53.4 Å². The first-order valence-electron chi connectivity index (χ1n) is 6.96. The zero-order valence-electron chi connectivity index (χ0n) is 13.6. The summed E-state index contributed by atoms with van der Waals surface area (Å²) in [5.41, 5.74) is -5.49. The average Bonchev–Trinajstić information content (AvgIpc) is 2.25. The van der Waals surface area contributed by atoms with Gasteiger partial charge in [-0.2, -0.15) is 21.6 Å². The number of alkyl halides is 3. The first kappa shape index (κ1) is 21.7. The molecule has 0 aliphatic rings. The summed E-state index contributed by atoms with van der Waals surface area (Å²) in [4.78, 5) is 12.0. The van der Waals surface area contributed by atoms with E-state index in [1.165, 1.54) is 6.26 Å². The van der Waals surface area contributed by atoms with E-state index < -0.39 is 30.7 Å². The summed E-state index contributed by atoms with van der Waals surface area (Å²) >= 11 is 0. The van der Waals surface area contributed by atoms with Crippen LogP contribution in [0, 0.1) is 0 Å². The molecule has 134 valence electrons. The highest BCUT2D eigenvalue weighted by Gasteiger charge is 2.52. The molecule has 0 bridgehead atoms. The predicted octanol–water partition coefficient (Wildman–Crippen LogP) is 4.15. The van der Waals surface area contributed by atoms with E-state index in [4.69, 9.17) is 0 Å². The van der Waals surface area contributed by atoms with Crippen LogP contribution < -0.4 is 0 Å². The summed E-state index contributed by atoms with van der Waals surface area (Å²) < 4.78 is 64.0.